The van der Waals surface area contributed by atoms with Crippen LogP contribution in [-0.4, -0.2) is 19.0 Å². The second-order valence-corrected chi connectivity index (χ2v) is 4.60. The third-order valence-electron chi connectivity index (χ3n) is 3.25. The molecule has 0 atom stereocenters. The number of hydrogen-bond donors (Lipinski definition) is 1. The summed E-state index contributed by atoms with van der Waals surface area (Å²) in [4.78, 5) is 13.7. The van der Waals surface area contributed by atoms with E-state index in [0.29, 0.717) is 6.42 Å². The van der Waals surface area contributed by atoms with Crippen LogP contribution >= 0.6 is 0 Å². The lowest BCUT2D eigenvalue weighted by Gasteiger charge is -2.20. The Morgan fingerprint density at radius 2 is 2.06 bits per heavy atom. The number of anilines is 2. The first kappa shape index (κ1) is 12.0. The number of nitrogens with one attached hydrogen (secondary N) is 1. The first-order valence-electron chi connectivity index (χ1n) is 6.36. The van der Waals surface area contributed by atoms with Gasteiger partial charge in [-0.1, -0.05) is 6.92 Å². The molecule has 0 aromatic heterocycles. The normalized spacial score (nSPS) is 15.1. The number of benzene rings is 1. The SMILES string of the molecule is CCC(=O)Nc1ccc(N2CCCC2)c(C)c1. The summed E-state index contributed by atoms with van der Waals surface area (Å²) in [6.07, 6.45) is 3.09. The maximum absolute atomic E-state index is 11.3. The van der Waals surface area contributed by atoms with Gasteiger partial charge >= 0.3 is 0 Å². The van der Waals surface area contributed by atoms with Gasteiger partial charge in [0.05, 0.1) is 0 Å². The van der Waals surface area contributed by atoms with Gasteiger partial charge in [-0.05, 0) is 43.5 Å². The zero-order chi connectivity index (χ0) is 12.3. The summed E-state index contributed by atoms with van der Waals surface area (Å²) >= 11 is 0. The van der Waals surface area contributed by atoms with Gasteiger partial charge in [-0.3, -0.25) is 4.79 Å². The van der Waals surface area contributed by atoms with Gasteiger partial charge in [-0.15, -0.1) is 0 Å². The van der Waals surface area contributed by atoms with E-state index < -0.39 is 0 Å². The summed E-state index contributed by atoms with van der Waals surface area (Å²) in [7, 11) is 0. The van der Waals surface area contributed by atoms with E-state index in [1.54, 1.807) is 0 Å². The van der Waals surface area contributed by atoms with Crippen molar-refractivity contribution >= 4 is 17.3 Å². The molecule has 3 heteroatoms. The Morgan fingerprint density at radius 1 is 1.35 bits per heavy atom. The zero-order valence-electron chi connectivity index (χ0n) is 10.6. The Morgan fingerprint density at radius 3 is 2.65 bits per heavy atom. The van der Waals surface area contributed by atoms with E-state index in [9.17, 15) is 4.79 Å². The molecule has 3 nitrogen and oxygen atoms in total. The molecule has 92 valence electrons. The molecule has 1 aromatic carbocycles. The molecule has 0 radical (unpaired) electrons. The fraction of sp³-hybridized carbons (Fsp3) is 0.500. The number of amides is 1. The van der Waals surface area contributed by atoms with Crippen LogP contribution in [0, 0.1) is 6.92 Å². The first-order chi connectivity index (χ1) is 8.20. The monoisotopic (exact) mass is 232 g/mol. The third kappa shape index (κ3) is 2.78. The second-order valence-electron chi connectivity index (χ2n) is 4.60. The van der Waals surface area contributed by atoms with Gasteiger partial charge in [0.15, 0.2) is 0 Å². The van der Waals surface area contributed by atoms with Gasteiger partial charge in [0.25, 0.3) is 0 Å². The fourth-order valence-electron chi connectivity index (χ4n) is 2.30. The molecule has 0 aliphatic carbocycles. The minimum atomic E-state index is 0.0679. The highest BCUT2D eigenvalue weighted by atomic mass is 16.1. The molecule has 0 unspecified atom stereocenters. The highest BCUT2D eigenvalue weighted by Gasteiger charge is 2.14. The molecule has 1 saturated heterocycles. The van der Waals surface area contributed by atoms with Crippen molar-refractivity contribution in [3.8, 4) is 0 Å². The highest BCUT2D eigenvalue weighted by Crippen LogP contribution is 2.26. The molecule has 0 bridgehead atoms. The fourth-order valence-corrected chi connectivity index (χ4v) is 2.30. The molecule has 17 heavy (non-hydrogen) atoms. The van der Waals surface area contributed by atoms with Crippen LogP contribution in [-0.2, 0) is 4.79 Å². The molecule has 1 N–H and O–H groups in total. The minimum absolute atomic E-state index is 0.0679. The molecule has 2 rings (SSSR count). The summed E-state index contributed by atoms with van der Waals surface area (Å²) in [5, 5.41) is 2.89. The predicted octanol–water partition coefficient (Wildman–Crippen LogP) is 2.94. The molecule has 1 aromatic rings. The van der Waals surface area contributed by atoms with Crippen LogP contribution in [0.4, 0.5) is 11.4 Å². The van der Waals surface area contributed by atoms with Crippen molar-refractivity contribution in [1.29, 1.82) is 0 Å². The molecule has 0 spiro atoms. The molecule has 1 heterocycles. The number of carbonyl (C=O) groups is 1. The van der Waals surface area contributed by atoms with Crippen molar-refractivity contribution in [2.24, 2.45) is 0 Å². The van der Waals surface area contributed by atoms with Crippen molar-refractivity contribution in [3.63, 3.8) is 0 Å². The van der Waals surface area contributed by atoms with Crippen molar-refractivity contribution in [2.45, 2.75) is 33.1 Å². The van der Waals surface area contributed by atoms with Crippen LogP contribution < -0.4 is 10.2 Å². The number of aryl methyl sites for hydroxylation is 1. The highest BCUT2D eigenvalue weighted by molar-refractivity contribution is 5.90. The Bertz CT molecular complexity index is 409. The van der Waals surface area contributed by atoms with Crippen molar-refractivity contribution < 1.29 is 4.79 Å². The standard InChI is InChI=1S/C14H20N2O/c1-3-14(17)15-12-6-7-13(11(2)10-12)16-8-4-5-9-16/h6-7,10H,3-5,8-9H2,1-2H3,(H,15,17). The molecule has 1 aliphatic heterocycles. The average molecular weight is 232 g/mol. The van der Waals surface area contributed by atoms with Gasteiger partial charge in [-0.25, -0.2) is 0 Å². The topological polar surface area (TPSA) is 32.3 Å². The number of hydrogen-bond acceptors (Lipinski definition) is 2. The van der Waals surface area contributed by atoms with E-state index in [0.717, 1.165) is 18.8 Å². The molecule has 1 fully saturated rings. The van der Waals surface area contributed by atoms with Crippen LogP contribution in [0.15, 0.2) is 18.2 Å². The molecular formula is C14H20N2O. The van der Waals surface area contributed by atoms with E-state index in [-0.39, 0.29) is 5.91 Å². The van der Waals surface area contributed by atoms with E-state index in [1.807, 2.05) is 13.0 Å². The van der Waals surface area contributed by atoms with Crippen LogP contribution in [0.2, 0.25) is 0 Å². The van der Waals surface area contributed by atoms with Gasteiger partial charge in [0.1, 0.15) is 0 Å². The lowest BCUT2D eigenvalue weighted by molar-refractivity contribution is -0.115. The second kappa shape index (κ2) is 5.21. The molecular weight excluding hydrogens is 212 g/mol. The largest absolute Gasteiger partial charge is 0.371 e. The van der Waals surface area contributed by atoms with Crippen LogP contribution in [0.1, 0.15) is 31.7 Å². The van der Waals surface area contributed by atoms with Crippen LogP contribution in [0.5, 0.6) is 0 Å². The number of nitrogens with zero attached hydrogens (tertiary/aromatic N) is 1. The number of carbonyl (C=O) groups excluding carboxylic acids is 1. The average Bonchev–Trinajstić information content (AvgIpc) is 2.82. The maximum atomic E-state index is 11.3. The summed E-state index contributed by atoms with van der Waals surface area (Å²) in [5.41, 5.74) is 3.44. The summed E-state index contributed by atoms with van der Waals surface area (Å²) in [6.45, 7) is 6.28. The summed E-state index contributed by atoms with van der Waals surface area (Å²) in [6, 6.07) is 6.17. The third-order valence-corrected chi connectivity index (χ3v) is 3.25. The smallest absolute Gasteiger partial charge is 0.224 e. The Labute approximate surface area is 103 Å². The Kier molecular flexibility index (Phi) is 3.67. The van der Waals surface area contributed by atoms with Crippen molar-refractivity contribution in [2.75, 3.05) is 23.3 Å². The molecule has 1 amide bonds. The Balaban J connectivity index is 2.13. The van der Waals surface area contributed by atoms with E-state index in [2.05, 4.69) is 29.3 Å². The lowest BCUT2D eigenvalue weighted by Crippen LogP contribution is -2.18. The molecule has 1 aliphatic rings. The van der Waals surface area contributed by atoms with E-state index in [4.69, 9.17) is 0 Å². The summed E-state index contributed by atoms with van der Waals surface area (Å²) < 4.78 is 0. The van der Waals surface area contributed by atoms with Crippen molar-refractivity contribution in [1.82, 2.24) is 0 Å². The van der Waals surface area contributed by atoms with Gasteiger partial charge in [0, 0.05) is 30.9 Å². The van der Waals surface area contributed by atoms with Crippen LogP contribution in [0.3, 0.4) is 0 Å². The lowest BCUT2D eigenvalue weighted by atomic mass is 10.1. The van der Waals surface area contributed by atoms with Crippen molar-refractivity contribution in [3.05, 3.63) is 23.8 Å². The van der Waals surface area contributed by atoms with Gasteiger partial charge in [0.2, 0.25) is 5.91 Å². The first-order valence-corrected chi connectivity index (χ1v) is 6.36. The van der Waals surface area contributed by atoms with Crippen LogP contribution in [0.25, 0.3) is 0 Å². The summed E-state index contributed by atoms with van der Waals surface area (Å²) in [5.74, 6) is 0.0679. The zero-order valence-corrected chi connectivity index (χ0v) is 10.6. The minimum Gasteiger partial charge on any atom is -0.371 e. The quantitative estimate of drug-likeness (QED) is 0.869. The van der Waals surface area contributed by atoms with Gasteiger partial charge < -0.3 is 10.2 Å². The van der Waals surface area contributed by atoms with E-state index in [1.165, 1.54) is 24.1 Å². The maximum Gasteiger partial charge on any atom is 0.224 e. The molecule has 0 saturated carbocycles. The number of rotatable bonds is 3. The van der Waals surface area contributed by atoms with E-state index >= 15 is 0 Å². The predicted molar refractivity (Wildman–Crippen MR) is 71.5 cm³/mol. The Hall–Kier alpha value is -1.51. The van der Waals surface area contributed by atoms with Gasteiger partial charge in [-0.2, -0.15) is 0 Å².